The first-order valence-electron chi connectivity index (χ1n) is 11.0. The van der Waals surface area contributed by atoms with Gasteiger partial charge in [-0.2, -0.15) is 10.5 Å². The molecule has 0 aliphatic carbocycles. The number of nitrogens with one attached hydrogen (secondary N) is 1. The molecule has 1 saturated heterocycles. The number of carbonyl (C=O) groups is 2. The summed E-state index contributed by atoms with van der Waals surface area (Å²) in [6.45, 7) is 1.16. The van der Waals surface area contributed by atoms with Crippen LogP contribution in [0.4, 0.5) is 4.39 Å². The van der Waals surface area contributed by atoms with Crippen molar-refractivity contribution in [1.29, 1.82) is 10.5 Å². The van der Waals surface area contributed by atoms with Crippen molar-refractivity contribution in [1.82, 2.24) is 10.2 Å². The number of primary amides is 1. The minimum Gasteiger partial charge on any atom is -0.367 e. The largest absolute Gasteiger partial charge is 0.367 e. The lowest BCUT2D eigenvalue weighted by Crippen LogP contribution is -2.57. The maximum absolute atomic E-state index is 15.4. The molecule has 1 fully saturated rings. The van der Waals surface area contributed by atoms with Crippen molar-refractivity contribution in [2.45, 2.75) is 25.0 Å². The molecule has 8 nitrogen and oxygen atoms in total. The van der Waals surface area contributed by atoms with E-state index in [1.54, 1.807) is 25.2 Å². The summed E-state index contributed by atoms with van der Waals surface area (Å²) in [7, 11) is 1.63. The smallest absolute Gasteiger partial charge is 0.254 e. The average Bonchev–Trinajstić information content (AvgIpc) is 3.13. The number of ether oxygens (including phenoxy) is 1. The number of nitrogens with zero attached hydrogens (tertiary/aromatic N) is 3. The second-order valence-corrected chi connectivity index (χ2v) is 8.65. The molecule has 0 aromatic heterocycles. The summed E-state index contributed by atoms with van der Waals surface area (Å²) in [4.78, 5) is 27.1. The second kappa shape index (κ2) is 9.22. The van der Waals surface area contributed by atoms with Crippen molar-refractivity contribution in [3.63, 3.8) is 0 Å². The molecule has 2 amide bonds. The number of benzene rings is 2. The standard InChI is InChI=1S/C25H24FN5O3/c1-31-13-17-7-15(11-27)3-4-19(17)20-10-22(26)16(9-21(20)23(31)32)8-18(12-28)25(24(29)33)14-30-5-2-6-34-25/h3-4,7,9-10,18,30H,2,5-6,8,13-14H2,1H3,(H2,29,33)/t18-,25?/m0/s1. The first-order chi connectivity index (χ1) is 16.3. The minimum absolute atomic E-state index is 0.0450. The van der Waals surface area contributed by atoms with E-state index in [0.29, 0.717) is 29.7 Å². The van der Waals surface area contributed by atoms with Crippen LogP contribution >= 0.6 is 0 Å². The summed E-state index contributed by atoms with van der Waals surface area (Å²) in [6, 6.07) is 11.9. The van der Waals surface area contributed by atoms with Gasteiger partial charge in [-0.05, 0) is 65.9 Å². The van der Waals surface area contributed by atoms with E-state index in [4.69, 9.17) is 10.5 Å². The maximum Gasteiger partial charge on any atom is 0.254 e. The summed E-state index contributed by atoms with van der Waals surface area (Å²) in [6.07, 6.45) is 0.492. The fraction of sp³-hybridized carbons (Fsp3) is 0.360. The summed E-state index contributed by atoms with van der Waals surface area (Å²) >= 11 is 0. The van der Waals surface area contributed by atoms with Crippen molar-refractivity contribution in [2.75, 3.05) is 26.7 Å². The fourth-order valence-corrected chi connectivity index (χ4v) is 4.63. The van der Waals surface area contributed by atoms with Gasteiger partial charge in [-0.25, -0.2) is 4.39 Å². The van der Waals surface area contributed by atoms with Crippen LogP contribution in [0, 0.1) is 34.4 Å². The third kappa shape index (κ3) is 4.01. The molecule has 2 heterocycles. The molecule has 2 atom stereocenters. The Bertz CT molecular complexity index is 1240. The van der Waals surface area contributed by atoms with Crippen LogP contribution in [-0.4, -0.2) is 49.1 Å². The highest BCUT2D eigenvalue weighted by molar-refractivity contribution is 6.02. The number of hydrogen-bond donors (Lipinski definition) is 2. The van der Waals surface area contributed by atoms with Gasteiger partial charge < -0.3 is 20.7 Å². The zero-order chi connectivity index (χ0) is 24.5. The zero-order valence-corrected chi connectivity index (χ0v) is 18.7. The summed E-state index contributed by atoms with van der Waals surface area (Å²) in [5.41, 5.74) is 6.73. The van der Waals surface area contributed by atoms with Crippen LogP contribution in [0.15, 0.2) is 30.3 Å². The van der Waals surface area contributed by atoms with E-state index in [1.807, 2.05) is 0 Å². The first kappa shape index (κ1) is 23.4. The van der Waals surface area contributed by atoms with E-state index in [9.17, 15) is 20.1 Å². The predicted molar refractivity (Wildman–Crippen MR) is 121 cm³/mol. The molecule has 2 aromatic rings. The molecule has 2 aliphatic heterocycles. The number of nitrogens with two attached hydrogens (primary N) is 1. The van der Waals surface area contributed by atoms with E-state index in [1.165, 1.54) is 17.0 Å². The molecule has 4 rings (SSSR count). The number of fused-ring (bicyclic) bond motifs is 3. The van der Waals surface area contributed by atoms with Crippen LogP contribution in [-0.2, 0) is 22.5 Å². The molecule has 9 heteroatoms. The van der Waals surface area contributed by atoms with Crippen LogP contribution in [0.5, 0.6) is 0 Å². The van der Waals surface area contributed by atoms with Gasteiger partial charge >= 0.3 is 0 Å². The van der Waals surface area contributed by atoms with Crippen LogP contribution in [0.25, 0.3) is 11.1 Å². The molecule has 2 aliphatic rings. The maximum atomic E-state index is 15.4. The molecule has 1 unspecified atom stereocenters. The van der Waals surface area contributed by atoms with Crippen LogP contribution < -0.4 is 11.1 Å². The zero-order valence-electron chi connectivity index (χ0n) is 18.7. The van der Waals surface area contributed by atoms with Crippen molar-refractivity contribution in [3.8, 4) is 23.3 Å². The average molecular weight is 461 g/mol. The fourth-order valence-electron chi connectivity index (χ4n) is 4.63. The van der Waals surface area contributed by atoms with Gasteiger partial charge in [-0.15, -0.1) is 0 Å². The molecule has 2 aromatic carbocycles. The lowest BCUT2D eigenvalue weighted by atomic mass is 9.81. The number of nitriles is 2. The Kier molecular flexibility index (Phi) is 6.34. The Morgan fingerprint density at radius 3 is 2.79 bits per heavy atom. The van der Waals surface area contributed by atoms with Gasteiger partial charge in [0.05, 0.1) is 23.6 Å². The van der Waals surface area contributed by atoms with Crippen molar-refractivity contribution < 1.29 is 18.7 Å². The monoisotopic (exact) mass is 461 g/mol. The molecule has 0 saturated carbocycles. The van der Waals surface area contributed by atoms with E-state index in [0.717, 1.165) is 5.56 Å². The van der Waals surface area contributed by atoms with Crippen LogP contribution in [0.2, 0.25) is 0 Å². The second-order valence-electron chi connectivity index (χ2n) is 8.65. The summed E-state index contributed by atoms with van der Waals surface area (Å²) in [5.74, 6) is -2.77. The molecule has 0 radical (unpaired) electrons. The van der Waals surface area contributed by atoms with Crippen LogP contribution in [0.1, 0.15) is 33.5 Å². The molecule has 174 valence electrons. The molecule has 3 N–H and O–H groups in total. The molecule has 34 heavy (non-hydrogen) atoms. The number of carbonyl (C=O) groups excluding carboxylic acids is 2. The third-order valence-electron chi connectivity index (χ3n) is 6.50. The van der Waals surface area contributed by atoms with Gasteiger partial charge in [0, 0.05) is 32.3 Å². The van der Waals surface area contributed by atoms with E-state index in [-0.39, 0.29) is 43.2 Å². The molecule has 0 bridgehead atoms. The normalized spacial score (nSPS) is 20.7. The van der Waals surface area contributed by atoms with Gasteiger partial charge in [0.15, 0.2) is 5.60 Å². The first-order valence-corrected chi connectivity index (χ1v) is 11.0. The Labute approximate surface area is 196 Å². The number of hydrogen-bond acceptors (Lipinski definition) is 6. The quantitative estimate of drug-likeness (QED) is 0.714. The van der Waals surface area contributed by atoms with Gasteiger partial charge in [-0.3, -0.25) is 9.59 Å². The Balaban J connectivity index is 1.79. The molecular weight excluding hydrogens is 437 g/mol. The number of rotatable bonds is 4. The van der Waals surface area contributed by atoms with Crippen molar-refractivity contribution in [3.05, 3.63) is 58.4 Å². The molecular formula is C25H24FN5O3. The van der Waals surface area contributed by atoms with Crippen molar-refractivity contribution >= 4 is 11.8 Å². The number of amides is 2. The topological polar surface area (TPSA) is 132 Å². The van der Waals surface area contributed by atoms with E-state index < -0.39 is 23.2 Å². The Hall–Kier alpha value is -3.79. The third-order valence-corrected chi connectivity index (χ3v) is 6.50. The highest BCUT2D eigenvalue weighted by Crippen LogP contribution is 2.36. The Morgan fingerprint density at radius 2 is 2.09 bits per heavy atom. The van der Waals surface area contributed by atoms with E-state index >= 15 is 4.39 Å². The van der Waals surface area contributed by atoms with Gasteiger partial charge in [0.25, 0.3) is 11.8 Å². The predicted octanol–water partition coefficient (Wildman–Crippen LogP) is 1.87. The summed E-state index contributed by atoms with van der Waals surface area (Å²) in [5, 5.41) is 22.2. The van der Waals surface area contributed by atoms with Crippen molar-refractivity contribution in [2.24, 2.45) is 11.7 Å². The lowest BCUT2D eigenvalue weighted by Gasteiger charge is -2.33. The number of halogens is 1. The highest BCUT2D eigenvalue weighted by atomic mass is 19.1. The Morgan fingerprint density at radius 1 is 1.29 bits per heavy atom. The van der Waals surface area contributed by atoms with E-state index in [2.05, 4.69) is 17.5 Å². The van der Waals surface area contributed by atoms with Gasteiger partial charge in [0.1, 0.15) is 5.82 Å². The summed E-state index contributed by atoms with van der Waals surface area (Å²) < 4.78 is 21.2. The minimum atomic E-state index is -1.61. The van der Waals surface area contributed by atoms with Gasteiger partial charge in [-0.1, -0.05) is 6.07 Å². The lowest BCUT2D eigenvalue weighted by molar-refractivity contribution is -0.147. The van der Waals surface area contributed by atoms with Crippen LogP contribution in [0.3, 0.4) is 0 Å². The molecule has 0 spiro atoms. The van der Waals surface area contributed by atoms with Gasteiger partial charge in [0.2, 0.25) is 0 Å². The SMILES string of the molecule is CN1Cc2cc(C#N)ccc2-c2cc(F)c(C[C@@H](C#N)C3(C(N)=O)CNCCCO3)cc2C1=O. The highest BCUT2D eigenvalue weighted by Gasteiger charge is 2.47.